The number of benzene rings is 1. The highest BCUT2D eigenvalue weighted by atomic mass is 127. The molecule has 1 unspecified atom stereocenters. The van der Waals surface area contributed by atoms with E-state index < -0.39 is 6.04 Å². The van der Waals surface area contributed by atoms with Crippen LogP contribution in [0.25, 0.3) is 0 Å². The maximum Gasteiger partial charge on any atom is 0.328 e. The number of esters is 1. The number of hydrogen-bond acceptors (Lipinski definition) is 3. The van der Waals surface area contributed by atoms with Gasteiger partial charge in [0.05, 0.1) is 12.7 Å². The molecule has 1 saturated heterocycles. The molecule has 6 heteroatoms. The molecule has 1 aromatic rings. The van der Waals surface area contributed by atoms with Gasteiger partial charge in [0.15, 0.2) is 0 Å². The number of nitrogens with zero attached hydrogens (tertiary/aromatic N) is 1. The second-order valence-electron chi connectivity index (χ2n) is 4.66. The molecule has 0 radical (unpaired) electrons. The van der Waals surface area contributed by atoms with Crippen LogP contribution >= 0.6 is 38.5 Å². The minimum Gasteiger partial charge on any atom is -0.467 e. The van der Waals surface area contributed by atoms with Crippen LogP contribution in [-0.4, -0.2) is 36.5 Å². The van der Waals surface area contributed by atoms with Crippen molar-refractivity contribution in [1.29, 1.82) is 0 Å². The third kappa shape index (κ3) is 3.33. The van der Waals surface area contributed by atoms with Crippen molar-refractivity contribution in [3.8, 4) is 0 Å². The smallest absolute Gasteiger partial charge is 0.328 e. The van der Waals surface area contributed by atoms with Gasteiger partial charge in [0.2, 0.25) is 0 Å². The molecule has 0 N–H and O–H groups in total. The van der Waals surface area contributed by atoms with Gasteiger partial charge in [-0.25, -0.2) is 4.79 Å². The van der Waals surface area contributed by atoms with E-state index in [1.807, 2.05) is 12.1 Å². The van der Waals surface area contributed by atoms with Crippen LogP contribution in [0.2, 0.25) is 0 Å². The van der Waals surface area contributed by atoms with Gasteiger partial charge in [-0.15, -0.1) is 0 Å². The van der Waals surface area contributed by atoms with Gasteiger partial charge >= 0.3 is 5.97 Å². The summed E-state index contributed by atoms with van der Waals surface area (Å²) in [4.78, 5) is 26.2. The maximum atomic E-state index is 12.7. The highest BCUT2D eigenvalue weighted by molar-refractivity contribution is 14.1. The van der Waals surface area contributed by atoms with Crippen LogP contribution in [0.5, 0.6) is 0 Å². The summed E-state index contributed by atoms with van der Waals surface area (Å²) >= 11 is 5.52. The first-order valence-electron chi connectivity index (χ1n) is 6.38. The Labute approximate surface area is 140 Å². The fourth-order valence-corrected chi connectivity index (χ4v) is 3.30. The number of halogens is 2. The van der Waals surface area contributed by atoms with Gasteiger partial charge in [-0.1, -0.05) is 15.9 Å². The Morgan fingerprint density at radius 3 is 2.85 bits per heavy atom. The lowest BCUT2D eigenvalue weighted by Gasteiger charge is -2.34. The standard InChI is InChI=1S/C14H15BrINO3/c1-20-14(19)12-4-2-3-7-17(12)13(18)10-8-9(15)5-6-11(10)16/h5-6,8,12H,2-4,7H2,1H3. The van der Waals surface area contributed by atoms with Gasteiger partial charge in [0, 0.05) is 14.6 Å². The number of carbonyl (C=O) groups excluding carboxylic acids is 2. The molecule has 20 heavy (non-hydrogen) atoms. The number of ether oxygens (including phenoxy) is 1. The number of rotatable bonds is 2. The van der Waals surface area contributed by atoms with E-state index in [9.17, 15) is 9.59 Å². The summed E-state index contributed by atoms with van der Waals surface area (Å²) < 4.78 is 6.55. The van der Waals surface area contributed by atoms with E-state index in [1.54, 1.807) is 11.0 Å². The number of likely N-dealkylation sites (tertiary alicyclic amines) is 1. The van der Waals surface area contributed by atoms with E-state index in [0.717, 1.165) is 20.9 Å². The zero-order valence-corrected chi connectivity index (χ0v) is 14.8. The van der Waals surface area contributed by atoms with Gasteiger partial charge in [0.25, 0.3) is 5.91 Å². The van der Waals surface area contributed by atoms with Crippen molar-refractivity contribution in [2.45, 2.75) is 25.3 Å². The first-order chi connectivity index (χ1) is 9.54. The van der Waals surface area contributed by atoms with Crippen LogP contribution in [0.3, 0.4) is 0 Å². The van der Waals surface area contributed by atoms with E-state index in [1.165, 1.54) is 7.11 Å². The molecule has 2 rings (SSSR count). The molecule has 4 nitrogen and oxygen atoms in total. The maximum absolute atomic E-state index is 12.7. The van der Waals surface area contributed by atoms with Crippen molar-refractivity contribution < 1.29 is 14.3 Å². The molecule has 1 aromatic carbocycles. The van der Waals surface area contributed by atoms with Crippen LogP contribution < -0.4 is 0 Å². The molecule has 1 aliphatic rings. The lowest BCUT2D eigenvalue weighted by Crippen LogP contribution is -2.48. The number of carbonyl (C=O) groups is 2. The van der Waals surface area contributed by atoms with E-state index in [4.69, 9.17) is 4.74 Å². The molecule has 0 aliphatic carbocycles. The number of piperidine rings is 1. The molecule has 1 fully saturated rings. The highest BCUT2D eigenvalue weighted by Gasteiger charge is 2.33. The number of methoxy groups -OCH3 is 1. The fraction of sp³-hybridized carbons (Fsp3) is 0.429. The summed E-state index contributed by atoms with van der Waals surface area (Å²) in [5.41, 5.74) is 0.621. The van der Waals surface area contributed by atoms with E-state index in [-0.39, 0.29) is 11.9 Å². The summed E-state index contributed by atoms with van der Waals surface area (Å²) in [6.07, 6.45) is 2.53. The van der Waals surface area contributed by atoms with E-state index >= 15 is 0 Å². The lowest BCUT2D eigenvalue weighted by molar-refractivity contribution is -0.147. The van der Waals surface area contributed by atoms with Crippen molar-refractivity contribution in [2.24, 2.45) is 0 Å². The molecule has 108 valence electrons. The molecular weight excluding hydrogens is 437 g/mol. The largest absolute Gasteiger partial charge is 0.467 e. The Bertz CT molecular complexity index is 535. The monoisotopic (exact) mass is 451 g/mol. The molecular formula is C14H15BrINO3. The first-order valence-corrected chi connectivity index (χ1v) is 8.25. The SMILES string of the molecule is COC(=O)C1CCCCN1C(=O)c1cc(Br)ccc1I. The summed E-state index contributed by atoms with van der Waals surface area (Å²) in [7, 11) is 1.36. The van der Waals surface area contributed by atoms with Gasteiger partial charge in [-0.2, -0.15) is 0 Å². The Morgan fingerprint density at radius 1 is 1.40 bits per heavy atom. The zero-order valence-electron chi connectivity index (χ0n) is 11.1. The number of hydrogen-bond donors (Lipinski definition) is 0. The summed E-state index contributed by atoms with van der Waals surface area (Å²) in [6, 6.07) is 5.12. The van der Waals surface area contributed by atoms with Crippen molar-refractivity contribution in [1.82, 2.24) is 4.90 Å². The average molecular weight is 452 g/mol. The van der Waals surface area contributed by atoms with Crippen LogP contribution in [-0.2, 0) is 9.53 Å². The Kier molecular flexibility index (Phi) is 5.42. The van der Waals surface area contributed by atoms with Gasteiger partial charge in [-0.3, -0.25) is 4.79 Å². The molecule has 1 amide bonds. The third-order valence-electron chi connectivity index (χ3n) is 3.40. The predicted octanol–water partition coefficient (Wildman–Crippen LogP) is 3.22. The molecule has 1 heterocycles. The third-order valence-corrected chi connectivity index (χ3v) is 4.83. The van der Waals surface area contributed by atoms with Crippen molar-refractivity contribution in [3.63, 3.8) is 0 Å². The highest BCUT2D eigenvalue weighted by Crippen LogP contribution is 2.24. The fourth-order valence-electron chi connectivity index (χ4n) is 2.37. The lowest BCUT2D eigenvalue weighted by atomic mass is 10.0. The van der Waals surface area contributed by atoms with Crippen LogP contribution in [0.15, 0.2) is 22.7 Å². The second-order valence-corrected chi connectivity index (χ2v) is 6.74. The Morgan fingerprint density at radius 2 is 2.15 bits per heavy atom. The molecule has 0 spiro atoms. The summed E-state index contributed by atoms with van der Waals surface area (Å²) in [5, 5.41) is 0. The van der Waals surface area contributed by atoms with Gasteiger partial charge < -0.3 is 9.64 Å². The van der Waals surface area contributed by atoms with Crippen LogP contribution in [0.1, 0.15) is 29.6 Å². The summed E-state index contributed by atoms with van der Waals surface area (Å²) in [5.74, 6) is -0.436. The van der Waals surface area contributed by atoms with Crippen LogP contribution in [0, 0.1) is 3.57 Å². The topological polar surface area (TPSA) is 46.6 Å². The minimum absolute atomic E-state index is 0.106. The molecule has 0 bridgehead atoms. The normalized spacial score (nSPS) is 18.8. The Balaban J connectivity index is 2.30. The second kappa shape index (κ2) is 6.89. The van der Waals surface area contributed by atoms with E-state index in [2.05, 4.69) is 38.5 Å². The van der Waals surface area contributed by atoms with Crippen molar-refractivity contribution in [2.75, 3.05) is 13.7 Å². The minimum atomic E-state index is -0.462. The molecule has 0 saturated carbocycles. The zero-order chi connectivity index (χ0) is 14.7. The van der Waals surface area contributed by atoms with Crippen molar-refractivity contribution in [3.05, 3.63) is 31.8 Å². The van der Waals surface area contributed by atoms with E-state index in [0.29, 0.717) is 18.5 Å². The molecule has 1 aliphatic heterocycles. The van der Waals surface area contributed by atoms with Gasteiger partial charge in [0.1, 0.15) is 6.04 Å². The summed E-state index contributed by atoms with van der Waals surface area (Å²) in [6.45, 7) is 0.598. The van der Waals surface area contributed by atoms with Gasteiger partial charge in [-0.05, 0) is 60.1 Å². The predicted molar refractivity (Wildman–Crippen MR) is 87.6 cm³/mol. The van der Waals surface area contributed by atoms with Crippen molar-refractivity contribution >= 4 is 50.4 Å². The van der Waals surface area contributed by atoms with Crippen LogP contribution in [0.4, 0.5) is 0 Å². The molecule has 1 atom stereocenters. The quantitative estimate of drug-likeness (QED) is 0.512. The molecule has 0 aromatic heterocycles. The Hall–Kier alpha value is -0.630. The first kappa shape index (κ1) is 15.8. The average Bonchev–Trinajstić information content (AvgIpc) is 2.48. The number of amides is 1.